The quantitative estimate of drug-likeness (QED) is 0.751. The normalized spacial score (nSPS) is 14.3. The second kappa shape index (κ2) is 5.49. The first-order chi connectivity index (χ1) is 11.2. The number of aromatic amines is 1. The predicted molar refractivity (Wildman–Crippen MR) is 83.6 cm³/mol. The summed E-state index contributed by atoms with van der Waals surface area (Å²) in [6, 6.07) is 3.89. The van der Waals surface area contributed by atoms with Gasteiger partial charge in [0, 0.05) is 12.1 Å². The van der Waals surface area contributed by atoms with Gasteiger partial charge < -0.3 is 14.8 Å². The average Bonchev–Trinajstić information content (AvgIpc) is 3.03. The molecule has 1 fully saturated rings. The van der Waals surface area contributed by atoms with Crippen LogP contribution in [0.2, 0.25) is 0 Å². The van der Waals surface area contributed by atoms with Crippen molar-refractivity contribution in [2.24, 2.45) is 5.92 Å². The summed E-state index contributed by atoms with van der Waals surface area (Å²) in [5.41, 5.74) is 3.73. The molecule has 0 spiro atoms. The van der Waals surface area contributed by atoms with E-state index in [4.69, 9.17) is 4.52 Å². The van der Waals surface area contributed by atoms with Gasteiger partial charge in [-0.25, -0.2) is 4.98 Å². The number of H-pyrrole nitrogens is 1. The van der Waals surface area contributed by atoms with Gasteiger partial charge in [-0.2, -0.15) is 4.98 Å². The maximum absolute atomic E-state index is 11.8. The summed E-state index contributed by atoms with van der Waals surface area (Å²) in [5.74, 6) is 1.39. The van der Waals surface area contributed by atoms with Crippen LogP contribution in [0.4, 0.5) is 0 Å². The molecule has 23 heavy (non-hydrogen) atoms. The molecule has 1 aromatic carbocycles. The number of benzene rings is 1. The number of nitrogens with zero attached hydrogens (tertiary/aromatic N) is 3. The van der Waals surface area contributed by atoms with Gasteiger partial charge in [0.15, 0.2) is 0 Å². The van der Waals surface area contributed by atoms with E-state index in [-0.39, 0.29) is 12.3 Å². The summed E-state index contributed by atoms with van der Waals surface area (Å²) >= 11 is 0. The second-order valence-electron chi connectivity index (χ2n) is 6.03. The van der Waals surface area contributed by atoms with Crippen molar-refractivity contribution in [3.05, 3.63) is 29.9 Å². The minimum absolute atomic E-state index is 0.0766. The predicted octanol–water partition coefficient (Wildman–Crippen LogP) is 1.99. The topological polar surface area (TPSA) is 96.7 Å². The number of rotatable bonds is 5. The molecular weight excluding hydrogens is 294 g/mol. The first kappa shape index (κ1) is 13.9. The highest BCUT2D eigenvalue weighted by molar-refractivity contribution is 5.83. The number of nitrogens with one attached hydrogen (secondary N) is 2. The molecule has 7 nitrogen and oxygen atoms in total. The third-order valence-electron chi connectivity index (χ3n) is 4.04. The molecule has 7 heteroatoms. The van der Waals surface area contributed by atoms with E-state index in [0.29, 0.717) is 17.6 Å². The summed E-state index contributed by atoms with van der Waals surface area (Å²) in [6.45, 7) is 2.73. The van der Waals surface area contributed by atoms with Crippen LogP contribution in [0.15, 0.2) is 23.0 Å². The number of carbonyl (C=O) groups is 1. The zero-order valence-corrected chi connectivity index (χ0v) is 12.8. The van der Waals surface area contributed by atoms with Crippen molar-refractivity contribution < 1.29 is 9.32 Å². The molecule has 2 heterocycles. The zero-order valence-electron chi connectivity index (χ0n) is 12.8. The lowest BCUT2D eigenvalue weighted by Gasteiger charge is -2.00. The standard InChI is InChI=1S/C16H17N5O2/c1-9-4-11(5-12-15(9)19-8-18-12)16-20-14(23-21-16)6-13(22)17-7-10-2-3-10/h4-5,8,10H,2-3,6-7H2,1H3,(H,17,22)(H,18,19). The number of carbonyl (C=O) groups excluding carboxylic acids is 1. The number of fused-ring (bicyclic) bond motifs is 1. The number of aromatic nitrogens is 4. The molecule has 0 radical (unpaired) electrons. The van der Waals surface area contributed by atoms with Crippen molar-refractivity contribution in [2.45, 2.75) is 26.2 Å². The summed E-state index contributed by atoms with van der Waals surface area (Å²) in [6.07, 6.45) is 4.19. The molecule has 2 aromatic heterocycles. The van der Waals surface area contributed by atoms with Crippen molar-refractivity contribution in [2.75, 3.05) is 6.54 Å². The first-order valence-corrected chi connectivity index (χ1v) is 7.72. The van der Waals surface area contributed by atoms with Crippen LogP contribution in [0.5, 0.6) is 0 Å². The highest BCUT2D eigenvalue weighted by Crippen LogP contribution is 2.27. The van der Waals surface area contributed by atoms with Gasteiger partial charge in [-0.15, -0.1) is 0 Å². The Morgan fingerprint density at radius 2 is 2.30 bits per heavy atom. The Balaban J connectivity index is 1.50. The van der Waals surface area contributed by atoms with Crippen molar-refractivity contribution in [1.29, 1.82) is 0 Å². The van der Waals surface area contributed by atoms with E-state index in [9.17, 15) is 4.79 Å². The van der Waals surface area contributed by atoms with Gasteiger partial charge in [0.1, 0.15) is 6.42 Å². The van der Waals surface area contributed by atoms with Gasteiger partial charge in [-0.1, -0.05) is 5.16 Å². The summed E-state index contributed by atoms with van der Waals surface area (Å²) < 4.78 is 5.20. The maximum atomic E-state index is 11.8. The van der Waals surface area contributed by atoms with E-state index in [1.54, 1.807) is 6.33 Å². The fraction of sp³-hybridized carbons (Fsp3) is 0.375. The molecule has 118 valence electrons. The van der Waals surface area contributed by atoms with Crippen LogP contribution in [0.25, 0.3) is 22.4 Å². The van der Waals surface area contributed by atoms with Gasteiger partial charge in [-0.3, -0.25) is 4.79 Å². The Labute approximate surface area is 132 Å². The van der Waals surface area contributed by atoms with Crippen LogP contribution >= 0.6 is 0 Å². The number of amides is 1. The SMILES string of the molecule is Cc1cc(-c2noc(CC(=O)NCC3CC3)n2)cc2[nH]cnc12. The van der Waals surface area contributed by atoms with Crippen LogP contribution in [0.1, 0.15) is 24.3 Å². The maximum Gasteiger partial charge on any atom is 0.236 e. The van der Waals surface area contributed by atoms with Crippen LogP contribution < -0.4 is 5.32 Å². The van der Waals surface area contributed by atoms with E-state index in [1.165, 1.54) is 12.8 Å². The van der Waals surface area contributed by atoms with Gasteiger partial charge in [0.25, 0.3) is 0 Å². The third kappa shape index (κ3) is 2.94. The minimum atomic E-state index is -0.0766. The number of hydrogen-bond donors (Lipinski definition) is 2. The second-order valence-corrected chi connectivity index (χ2v) is 6.03. The Kier molecular flexibility index (Phi) is 3.33. The summed E-state index contributed by atoms with van der Waals surface area (Å²) in [5, 5.41) is 6.87. The van der Waals surface area contributed by atoms with Gasteiger partial charge >= 0.3 is 0 Å². The van der Waals surface area contributed by atoms with E-state index in [2.05, 4.69) is 25.4 Å². The average molecular weight is 311 g/mol. The molecule has 3 aromatic rings. The van der Waals surface area contributed by atoms with Crippen molar-refractivity contribution in [3.8, 4) is 11.4 Å². The Morgan fingerprint density at radius 1 is 1.43 bits per heavy atom. The van der Waals surface area contributed by atoms with Gasteiger partial charge in [0.05, 0.1) is 17.4 Å². The molecule has 2 N–H and O–H groups in total. The van der Waals surface area contributed by atoms with Crippen LogP contribution in [0.3, 0.4) is 0 Å². The monoisotopic (exact) mass is 311 g/mol. The Hall–Kier alpha value is -2.70. The molecule has 0 bridgehead atoms. The summed E-state index contributed by atoms with van der Waals surface area (Å²) in [7, 11) is 0. The van der Waals surface area contributed by atoms with Crippen molar-refractivity contribution in [1.82, 2.24) is 25.4 Å². The van der Waals surface area contributed by atoms with Gasteiger partial charge in [0.2, 0.25) is 17.6 Å². The Morgan fingerprint density at radius 3 is 3.13 bits per heavy atom. The van der Waals surface area contributed by atoms with E-state index in [0.717, 1.165) is 28.7 Å². The molecule has 0 saturated heterocycles. The first-order valence-electron chi connectivity index (χ1n) is 7.72. The lowest BCUT2D eigenvalue weighted by molar-refractivity contribution is -0.120. The molecule has 1 saturated carbocycles. The molecule has 4 rings (SSSR count). The van der Waals surface area contributed by atoms with Crippen molar-refractivity contribution >= 4 is 16.9 Å². The third-order valence-corrected chi connectivity index (χ3v) is 4.04. The molecule has 1 aliphatic rings. The lowest BCUT2D eigenvalue weighted by atomic mass is 10.1. The molecule has 0 aliphatic heterocycles. The smallest absolute Gasteiger partial charge is 0.236 e. The van der Waals surface area contributed by atoms with Gasteiger partial charge in [-0.05, 0) is 43.4 Å². The molecular formula is C16H17N5O2. The van der Waals surface area contributed by atoms with Crippen molar-refractivity contribution in [3.63, 3.8) is 0 Å². The number of hydrogen-bond acceptors (Lipinski definition) is 5. The highest BCUT2D eigenvalue weighted by atomic mass is 16.5. The summed E-state index contributed by atoms with van der Waals surface area (Å²) in [4.78, 5) is 23.5. The highest BCUT2D eigenvalue weighted by Gasteiger charge is 2.22. The Bertz CT molecular complexity index is 862. The fourth-order valence-corrected chi connectivity index (χ4v) is 2.58. The molecule has 1 amide bonds. The van der Waals surface area contributed by atoms with E-state index in [1.807, 2.05) is 19.1 Å². The largest absolute Gasteiger partial charge is 0.355 e. The number of aryl methyl sites for hydroxylation is 1. The van der Waals surface area contributed by atoms with Crippen LogP contribution in [-0.4, -0.2) is 32.6 Å². The molecule has 0 unspecified atom stereocenters. The van der Waals surface area contributed by atoms with Crippen LogP contribution in [0, 0.1) is 12.8 Å². The lowest BCUT2D eigenvalue weighted by Crippen LogP contribution is -2.27. The number of imidazole rings is 1. The van der Waals surface area contributed by atoms with E-state index >= 15 is 0 Å². The molecule has 1 aliphatic carbocycles. The minimum Gasteiger partial charge on any atom is -0.355 e. The zero-order chi connectivity index (χ0) is 15.8. The van der Waals surface area contributed by atoms with Crippen LogP contribution in [-0.2, 0) is 11.2 Å². The van der Waals surface area contributed by atoms with E-state index < -0.39 is 0 Å². The fourth-order valence-electron chi connectivity index (χ4n) is 2.58. The molecule has 0 atom stereocenters.